The summed E-state index contributed by atoms with van der Waals surface area (Å²) >= 11 is 0. The Hall–Kier alpha value is -3.75. The van der Waals surface area contributed by atoms with Gasteiger partial charge < -0.3 is 19.4 Å². The molecule has 1 saturated heterocycles. The first-order valence-corrected chi connectivity index (χ1v) is 9.70. The predicted octanol–water partition coefficient (Wildman–Crippen LogP) is 2.09. The molecule has 1 aliphatic rings. The lowest BCUT2D eigenvalue weighted by molar-refractivity contribution is 0.0746. The maximum atomic E-state index is 13.0. The van der Waals surface area contributed by atoms with E-state index in [0.29, 0.717) is 37.5 Å². The van der Waals surface area contributed by atoms with Crippen molar-refractivity contribution in [1.29, 1.82) is 0 Å². The second-order valence-electron chi connectivity index (χ2n) is 7.08. The molecule has 154 valence electrons. The molecule has 30 heavy (non-hydrogen) atoms. The standard InChI is InChI=1S/C21H23N7O2/c1-26(2)18-7-8-19(25-24-18)27-11-13-28(14-12-27)20(29)16-5-3-6-17(15-16)30-21-22-9-4-10-23-21/h3-10,15H,11-14H2,1-2H3. The van der Waals surface area contributed by atoms with Crippen LogP contribution in [-0.4, -0.2) is 71.2 Å². The number of anilines is 2. The summed E-state index contributed by atoms with van der Waals surface area (Å²) in [4.78, 5) is 26.9. The van der Waals surface area contributed by atoms with Gasteiger partial charge in [0.15, 0.2) is 11.6 Å². The van der Waals surface area contributed by atoms with Gasteiger partial charge in [-0.25, -0.2) is 9.97 Å². The number of carbonyl (C=O) groups is 1. The quantitative estimate of drug-likeness (QED) is 0.638. The molecule has 3 heterocycles. The van der Waals surface area contributed by atoms with Gasteiger partial charge in [0, 0.05) is 58.2 Å². The van der Waals surface area contributed by atoms with Crippen molar-refractivity contribution in [1.82, 2.24) is 25.1 Å². The number of piperazine rings is 1. The van der Waals surface area contributed by atoms with Gasteiger partial charge in [0.25, 0.3) is 5.91 Å². The minimum Gasteiger partial charge on any atom is -0.424 e. The summed E-state index contributed by atoms with van der Waals surface area (Å²) in [5.74, 6) is 2.14. The molecule has 4 rings (SSSR count). The van der Waals surface area contributed by atoms with Crippen molar-refractivity contribution < 1.29 is 9.53 Å². The molecule has 0 unspecified atom stereocenters. The largest absolute Gasteiger partial charge is 0.424 e. The maximum Gasteiger partial charge on any atom is 0.321 e. The highest BCUT2D eigenvalue weighted by atomic mass is 16.5. The maximum absolute atomic E-state index is 13.0. The average molecular weight is 405 g/mol. The highest BCUT2D eigenvalue weighted by Crippen LogP contribution is 2.21. The fourth-order valence-corrected chi connectivity index (χ4v) is 3.18. The smallest absolute Gasteiger partial charge is 0.321 e. The molecule has 0 atom stereocenters. The Labute approximate surface area is 174 Å². The van der Waals surface area contributed by atoms with Crippen LogP contribution in [0.1, 0.15) is 10.4 Å². The van der Waals surface area contributed by atoms with E-state index in [1.54, 1.807) is 42.7 Å². The zero-order chi connectivity index (χ0) is 20.9. The van der Waals surface area contributed by atoms with Gasteiger partial charge in [0.2, 0.25) is 0 Å². The lowest BCUT2D eigenvalue weighted by Crippen LogP contribution is -2.49. The molecular formula is C21H23N7O2. The second-order valence-corrected chi connectivity index (χ2v) is 7.08. The van der Waals surface area contributed by atoms with Crippen LogP contribution < -0.4 is 14.5 Å². The summed E-state index contributed by atoms with van der Waals surface area (Å²) in [6, 6.07) is 13.0. The van der Waals surface area contributed by atoms with Gasteiger partial charge in [-0.2, -0.15) is 0 Å². The Morgan fingerprint density at radius 3 is 2.40 bits per heavy atom. The van der Waals surface area contributed by atoms with Crippen molar-refractivity contribution in [3.63, 3.8) is 0 Å². The number of ether oxygens (including phenoxy) is 1. The number of benzene rings is 1. The summed E-state index contributed by atoms with van der Waals surface area (Å²) in [7, 11) is 3.86. The summed E-state index contributed by atoms with van der Waals surface area (Å²) in [5, 5.41) is 8.53. The third-order valence-electron chi connectivity index (χ3n) is 4.82. The Morgan fingerprint density at radius 1 is 0.967 bits per heavy atom. The Bertz CT molecular complexity index is 988. The predicted molar refractivity (Wildman–Crippen MR) is 113 cm³/mol. The lowest BCUT2D eigenvalue weighted by Gasteiger charge is -2.35. The molecule has 0 N–H and O–H groups in total. The molecule has 9 nitrogen and oxygen atoms in total. The number of amides is 1. The molecule has 1 aliphatic heterocycles. The van der Waals surface area contributed by atoms with Crippen LogP contribution in [0.4, 0.5) is 11.6 Å². The van der Waals surface area contributed by atoms with Crippen LogP contribution in [0.3, 0.4) is 0 Å². The van der Waals surface area contributed by atoms with Gasteiger partial charge in [-0.1, -0.05) is 6.07 Å². The summed E-state index contributed by atoms with van der Waals surface area (Å²) in [6.07, 6.45) is 3.21. The first-order chi connectivity index (χ1) is 14.6. The fraction of sp³-hybridized carbons (Fsp3) is 0.286. The van der Waals surface area contributed by atoms with Crippen LogP contribution in [0.15, 0.2) is 54.9 Å². The minimum absolute atomic E-state index is 0.0249. The highest BCUT2D eigenvalue weighted by Gasteiger charge is 2.23. The zero-order valence-corrected chi connectivity index (χ0v) is 17.0. The summed E-state index contributed by atoms with van der Waals surface area (Å²) < 4.78 is 5.64. The molecule has 0 saturated carbocycles. The topological polar surface area (TPSA) is 87.6 Å². The van der Waals surface area contributed by atoms with Crippen LogP contribution in [0, 0.1) is 0 Å². The van der Waals surface area contributed by atoms with Gasteiger partial charge in [-0.15, -0.1) is 10.2 Å². The van der Waals surface area contributed by atoms with Crippen LogP contribution >= 0.6 is 0 Å². The first-order valence-electron chi connectivity index (χ1n) is 9.70. The van der Waals surface area contributed by atoms with E-state index >= 15 is 0 Å². The van der Waals surface area contributed by atoms with Crippen LogP contribution in [0.2, 0.25) is 0 Å². The van der Waals surface area contributed by atoms with Crippen molar-refractivity contribution in [3.8, 4) is 11.8 Å². The number of hydrogen-bond acceptors (Lipinski definition) is 8. The van der Waals surface area contributed by atoms with Gasteiger partial charge in [0.05, 0.1) is 0 Å². The van der Waals surface area contributed by atoms with E-state index in [-0.39, 0.29) is 11.9 Å². The Kier molecular flexibility index (Phi) is 5.69. The van der Waals surface area contributed by atoms with E-state index < -0.39 is 0 Å². The second kappa shape index (κ2) is 8.73. The summed E-state index contributed by atoms with van der Waals surface area (Å²) in [5.41, 5.74) is 0.576. The minimum atomic E-state index is -0.0249. The number of nitrogens with zero attached hydrogens (tertiary/aromatic N) is 7. The average Bonchev–Trinajstić information content (AvgIpc) is 2.80. The molecule has 0 bridgehead atoms. The molecule has 3 aromatic rings. The Morgan fingerprint density at radius 2 is 1.73 bits per heavy atom. The monoisotopic (exact) mass is 405 g/mol. The fourth-order valence-electron chi connectivity index (χ4n) is 3.18. The SMILES string of the molecule is CN(C)c1ccc(N2CCN(C(=O)c3cccc(Oc4ncccn4)c3)CC2)nn1. The van der Waals surface area contributed by atoms with Crippen LogP contribution in [0.5, 0.6) is 11.8 Å². The number of rotatable bonds is 5. The van der Waals surface area contributed by atoms with Crippen molar-refractivity contribution in [2.24, 2.45) is 0 Å². The normalized spacial score (nSPS) is 13.8. The van der Waals surface area contributed by atoms with Crippen molar-refractivity contribution in [2.45, 2.75) is 0 Å². The lowest BCUT2D eigenvalue weighted by atomic mass is 10.1. The molecule has 1 aromatic carbocycles. The van der Waals surface area contributed by atoms with Crippen LogP contribution in [0.25, 0.3) is 0 Å². The zero-order valence-electron chi connectivity index (χ0n) is 17.0. The van der Waals surface area contributed by atoms with Crippen molar-refractivity contribution >= 4 is 17.5 Å². The van der Waals surface area contributed by atoms with E-state index in [9.17, 15) is 4.79 Å². The number of hydrogen-bond donors (Lipinski definition) is 0. The molecule has 0 aliphatic carbocycles. The molecule has 0 spiro atoms. The molecule has 1 fully saturated rings. The van der Waals surface area contributed by atoms with E-state index in [2.05, 4.69) is 25.1 Å². The van der Waals surface area contributed by atoms with E-state index in [4.69, 9.17) is 4.74 Å². The highest BCUT2D eigenvalue weighted by molar-refractivity contribution is 5.94. The Balaban J connectivity index is 1.38. The van der Waals surface area contributed by atoms with Crippen molar-refractivity contribution in [2.75, 3.05) is 50.1 Å². The summed E-state index contributed by atoms with van der Waals surface area (Å²) in [6.45, 7) is 2.64. The van der Waals surface area contributed by atoms with Crippen LogP contribution in [-0.2, 0) is 0 Å². The van der Waals surface area contributed by atoms with E-state index in [1.807, 2.05) is 36.0 Å². The van der Waals surface area contributed by atoms with Crippen molar-refractivity contribution in [3.05, 3.63) is 60.4 Å². The molecule has 1 amide bonds. The van der Waals surface area contributed by atoms with Gasteiger partial charge >= 0.3 is 6.01 Å². The third-order valence-corrected chi connectivity index (χ3v) is 4.82. The van der Waals surface area contributed by atoms with Gasteiger partial charge in [0.1, 0.15) is 5.75 Å². The first kappa shape index (κ1) is 19.6. The molecule has 2 aromatic heterocycles. The van der Waals surface area contributed by atoms with Gasteiger partial charge in [-0.05, 0) is 36.4 Å². The number of aromatic nitrogens is 4. The number of carbonyl (C=O) groups excluding carboxylic acids is 1. The van der Waals surface area contributed by atoms with E-state index in [1.165, 1.54) is 0 Å². The van der Waals surface area contributed by atoms with E-state index in [0.717, 1.165) is 11.6 Å². The molecule has 9 heteroatoms. The third kappa shape index (κ3) is 4.45. The molecular weight excluding hydrogens is 382 g/mol. The van der Waals surface area contributed by atoms with Gasteiger partial charge in [-0.3, -0.25) is 4.79 Å². The molecule has 0 radical (unpaired) electrons.